The van der Waals surface area contributed by atoms with E-state index in [1.165, 1.54) is 0 Å². The molecule has 0 amide bonds. The topological polar surface area (TPSA) is 105 Å². The summed E-state index contributed by atoms with van der Waals surface area (Å²) in [5, 5.41) is 0. The van der Waals surface area contributed by atoms with E-state index in [1.54, 1.807) is 41.5 Å². The molecule has 0 unspecified atom stereocenters. The number of carbonyl (C=O) groups is 3. The van der Waals surface area contributed by atoms with E-state index < -0.39 is 29.1 Å². The number of rotatable bonds is 7. The zero-order chi connectivity index (χ0) is 18.3. The van der Waals surface area contributed by atoms with Crippen LogP contribution in [0.2, 0.25) is 0 Å². The summed E-state index contributed by atoms with van der Waals surface area (Å²) < 4.78 is 10.4. The van der Waals surface area contributed by atoms with Gasteiger partial charge in [-0.2, -0.15) is 5.90 Å². The largest absolute Gasteiger partial charge is 0.460 e. The van der Waals surface area contributed by atoms with Gasteiger partial charge in [0.05, 0.1) is 0 Å². The van der Waals surface area contributed by atoms with Crippen molar-refractivity contribution < 1.29 is 28.7 Å². The molecule has 1 atom stereocenters. The van der Waals surface area contributed by atoms with E-state index in [0.717, 1.165) is 0 Å². The van der Waals surface area contributed by atoms with E-state index in [1.807, 2.05) is 0 Å². The Hall–Kier alpha value is -1.63. The first-order valence-corrected chi connectivity index (χ1v) is 7.71. The Kier molecular flexibility index (Phi) is 8.23. The Labute approximate surface area is 137 Å². The number of unbranched alkanes of at least 4 members (excludes halogenated alkanes) is 1. The third-order valence-corrected chi connectivity index (χ3v) is 2.64. The summed E-state index contributed by atoms with van der Waals surface area (Å²) in [5.41, 5.74) is -1.24. The second kappa shape index (κ2) is 8.86. The minimum absolute atomic E-state index is 0.202. The van der Waals surface area contributed by atoms with Crippen LogP contribution in [0.5, 0.6) is 0 Å². The highest BCUT2D eigenvalue weighted by Crippen LogP contribution is 2.18. The fourth-order valence-electron chi connectivity index (χ4n) is 1.80. The molecule has 0 rings (SSSR count). The summed E-state index contributed by atoms with van der Waals surface area (Å²) in [4.78, 5) is 39.4. The minimum Gasteiger partial charge on any atom is -0.460 e. The zero-order valence-corrected chi connectivity index (χ0v) is 14.9. The summed E-state index contributed by atoms with van der Waals surface area (Å²) in [6.45, 7) is 10.5. The van der Waals surface area contributed by atoms with Gasteiger partial charge in [0.15, 0.2) is 5.92 Å². The molecule has 0 aliphatic carbocycles. The Balaban J connectivity index is 4.40. The van der Waals surface area contributed by atoms with Crippen molar-refractivity contribution in [3.8, 4) is 0 Å². The van der Waals surface area contributed by atoms with E-state index in [2.05, 4.69) is 4.84 Å². The maximum Gasteiger partial charge on any atom is 0.338 e. The summed E-state index contributed by atoms with van der Waals surface area (Å²) in [5.74, 6) is 1.96. The normalized spacial score (nSPS) is 13.2. The van der Waals surface area contributed by atoms with Gasteiger partial charge in [0.25, 0.3) is 0 Å². The van der Waals surface area contributed by atoms with Crippen LogP contribution in [0.25, 0.3) is 0 Å². The van der Waals surface area contributed by atoms with Crippen LogP contribution in [0, 0.1) is 5.92 Å². The van der Waals surface area contributed by atoms with Gasteiger partial charge in [0.1, 0.15) is 11.2 Å². The minimum atomic E-state index is -1.09. The van der Waals surface area contributed by atoms with Crippen LogP contribution in [-0.2, 0) is 28.7 Å². The zero-order valence-electron chi connectivity index (χ0n) is 14.9. The molecule has 0 aliphatic rings. The number of hydrogen-bond donors (Lipinski definition) is 1. The molecule has 7 nitrogen and oxygen atoms in total. The first-order chi connectivity index (χ1) is 10.4. The van der Waals surface area contributed by atoms with E-state index in [9.17, 15) is 14.4 Å². The second-order valence-corrected chi connectivity index (χ2v) is 7.36. The number of hydrogen-bond acceptors (Lipinski definition) is 7. The van der Waals surface area contributed by atoms with Crippen molar-refractivity contribution >= 4 is 17.9 Å². The molecule has 0 bridgehead atoms. The highest BCUT2D eigenvalue weighted by molar-refractivity contribution is 5.94. The first kappa shape index (κ1) is 21.4. The summed E-state index contributed by atoms with van der Waals surface area (Å²) in [7, 11) is 0. The Morgan fingerprint density at radius 1 is 0.870 bits per heavy atom. The smallest absolute Gasteiger partial charge is 0.338 e. The molecule has 0 radical (unpaired) electrons. The standard InChI is InChI=1S/C16H29NO6/c1-15(2,3)21-12(18)10-8-7-9-11(14(20)23-17)13(19)22-16(4,5)6/h11H,7-10,17H2,1-6H3/t11-/m1/s1. The van der Waals surface area contributed by atoms with Gasteiger partial charge in [0, 0.05) is 6.42 Å². The Morgan fingerprint density at radius 2 is 1.39 bits per heavy atom. The average Bonchev–Trinajstić information content (AvgIpc) is 2.33. The molecule has 0 aromatic heterocycles. The van der Waals surface area contributed by atoms with Gasteiger partial charge in [-0.3, -0.25) is 9.59 Å². The van der Waals surface area contributed by atoms with Gasteiger partial charge in [-0.1, -0.05) is 6.42 Å². The molecule has 0 spiro atoms. The molecular formula is C16H29NO6. The van der Waals surface area contributed by atoms with Crippen LogP contribution in [0.1, 0.15) is 67.2 Å². The lowest BCUT2D eigenvalue weighted by Gasteiger charge is -2.22. The third kappa shape index (κ3) is 10.7. The molecule has 0 aromatic rings. The Bertz CT molecular complexity index is 419. The maximum atomic E-state index is 12.0. The molecule has 23 heavy (non-hydrogen) atoms. The second-order valence-electron chi connectivity index (χ2n) is 7.36. The van der Waals surface area contributed by atoms with Crippen LogP contribution in [-0.4, -0.2) is 29.1 Å². The van der Waals surface area contributed by atoms with Crippen molar-refractivity contribution in [2.24, 2.45) is 11.8 Å². The van der Waals surface area contributed by atoms with Crippen LogP contribution in [0.15, 0.2) is 0 Å². The fraction of sp³-hybridized carbons (Fsp3) is 0.812. The van der Waals surface area contributed by atoms with E-state index in [-0.39, 0.29) is 18.8 Å². The van der Waals surface area contributed by atoms with E-state index >= 15 is 0 Å². The fourth-order valence-corrected chi connectivity index (χ4v) is 1.80. The van der Waals surface area contributed by atoms with Crippen molar-refractivity contribution in [3.05, 3.63) is 0 Å². The summed E-state index contributed by atoms with van der Waals surface area (Å²) >= 11 is 0. The average molecular weight is 331 g/mol. The highest BCUT2D eigenvalue weighted by atomic mass is 16.7. The summed E-state index contributed by atoms with van der Waals surface area (Å²) in [6.07, 6.45) is 1.38. The quantitative estimate of drug-likeness (QED) is 0.330. The number of esters is 2. The predicted octanol–water partition coefficient (Wildman–Crippen LogP) is 2.26. The van der Waals surface area contributed by atoms with Gasteiger partial charge in [-0.25, -0.2) is 4.79 Å². The lowest BCUT2D eigenvalue weighted by Crippen LogP contribution is -2.34. The van der Waals surface area contributed by atoms with Crippen molar-refractivity contribution in [2.75, 3.05) is 0 Å². The SMILES string of the molecule is CC(C)(C)OC(=O)CCCC[C@@H](C(=O)ON)C(=O)OC(C)(C)C. The van der Waals surface area contributed by atoms with Gasteiger partial charge < -0.3 is 14.3 Å². The molecule has 2 N–H and O–H groups in total. The van der Waals surface area contributed by atoms with Crippen molar-refractivity contribution in [3.63, 3.8) is 0 Å². The molecule has 0 heterocycles. The monoisotopic (exact) mass is 331 g/mol. The van der Waals surface area contributed by atoms with Crippen LogP contribution in [0.4, 0.5) is 0 Å². The van der Waals surface area contributed by atoms with Gasteiger partial charge in [-0.15, -0.1) is 0 Å². The Morgan fingerprint density at radius 3 is 1.83 bits per heavy atom. The lowest BCUT2D eigenvalue weighted by molar-refractivity contribution is -0.169. The first-order valence-electron chi connectivity index (χ1n) is 7.71. The molecule has 0 saturated heterocycles. The van der Waals surface area contributed by atoms with Crippen molar-refractivity contribution in [2.45, 2.75) is 78.4 Å². The molecular weight excluding hydrogens is 302 g/mol. The molecule has 0 aromatic carbocycles. The molecule has 7 heteroatoms. The van der Waals surface area contributed by atoms with Crippen LogP contribution >= 0.6 is 0 Å². The number of ether oxygens (including phenoxy) is 2. The third-order valence-electron chi connectivity index (χ3n) is 2.64. The van der Waals surface area contributed by atoms with E-state index in [4.69, 9.17) is 15.4 Å². The molecule has 0 saturated carbocycles. The van der Waals surface area contributed by atoms with Gasteiger partial charge in [0.2, 0.25) is 0 Å². The molecule has 0 fully saturated rings. The molecule has 0 aliphatic heterocycles. The summed E-state index contributed by atoms with van der Waals surface area (Å²) in [6, 6.07) is 0. The van der Waals surface area contributed by atoms with Crippen molar-refractivity contribution in [1.82, 2.24) is 0 Å². The van der Waals surface area contributed by atoms with Gasteiger partial charge in [-0.05, 0) is 54.4 Å². The highest BCUT2D eigenvalue weighted by Gasteiger charge is 2.32. The number of carbonyl (C=O) groups excluding carboxylic acids is 3. The lowest BCUT2D eigenvalue weighted by atomic mass is 10.0. The van der Waals surface area contributed by atoms with E-state index in [0.29, 0.717) is 12.8 Å². The van der Waals surface area contributed by atoms with Crippen molar-refractivity contribution in [1.29, 1.82) is 0 Å². The van der Waals surface area contributed by atoms with Crippen LogP contribution < -0.4 is 5.90 Å². The molecule has 134 valence electrons. The maximum absolute atomic E-state index is 12.0. The number of nitrogens with two attached hydrogens (primary N) is 1. The van der Waals surface area contributed by atoms with Crippen LogP contribution in [0.3, 0.4) is 0 Å². The predicted molar refractivity (Wildman–Crippen MR) is 83.9 cm³/mol. The van der Waals surface area contributed by atoms with Gasteiger partial charge >= 0.3 is 17.9 Å².